The van der Waals surface area contributed by atoms with Crippen molar-refractivity contribution in [2.75, 3.05) is 38.9 Å². The Bertz CT molecular complexity index is 2700. The van der Waals surface area contributed by atoms with E-state index in [0.717, 1.165) is 16.7 Å². The molecule has 16 nitrogen and oxygen atoms in total. The number of fused-ring (bicyclic) bond motifs is 3. The highest BCUT2D eigenvalue weighted by molar-refractivity contribution is 7.51. The number of anilines is 1. The zero-order valence-electron chi connectivity index (χ0n) is 40.1. The van der Waals surface area contributed by atoms with Gasteiger partial charge in [0, 0.05) is 17.6 Å². The third-order valence-electron chi connectivity index (χ3n) is 12.3. The summed E-state index contributed by atoms with van der Waals surface area (Å²) in [4.78, 5) is 41.0. The average Bonchev–Trinajstić information content (AvgIpc) is 4.02. The number of rotatable bonds is 20. The second kappa shape index (κ2) is 20.7. The molecule has 5 atom stereocenters. The number of aromatic nitrogens is 4. The fourth-order valence-electron chi connectivity index (χ4n) is 9.17. The van der Waals surface area contributed by atoms with E-state index in [2.05, 4.69) is 53.7 Å². The molecule has 2 fully saturated rings. The standard InChI is InChI=1S/C52H58N7O9P/c1-34(2)59(35(3)4)69(29-42(60)66-50(5,6)27-28-53)68-45-44-49(58-33-56-43-46(54-32-55-47(43)58)57-48(61)36-15-11-9-12-16-36)67-51(45,30-64-44)31-65-52(37-17-13-10-14-18-37,38-19-23-40(62-7)24-20-38)39-21-25-41(63-8)26-22-39/h9-26,32-35,44-45,49H,27,29-31H2,1-8H3,(H,54,55,57,61)/t44?,45?,49-,51-,69?/m1/s1. The van der Waals surface area contributed by atoms with Crippen molar-refractivity contribution >= 4 is 37.2 Å². The Kier molecular flexibility index (Phi) is 14.8. The highest BCUT2D eigenvalue weighted by atomic mass is 31.2. The summed E-state index contributed by atoms with van der Waals surface area (Å²) in [5.74, 6) is 0.732. The van der Waals surface area contributed by atoms with Gasteiger partial charge in [0.25, 0.3) is 5.91 Å². The maximum absolute atomic E-state index is 14.0. The number of carbonyl (C=O) groups excluding carboxylic acids is 2. The van der Waals surface area contributed by atoms with Crippen molar-refractivity contribution in [2.24, 2.45) is 0 Å². The number of amides is 1. The maximum Gasteiger partial charge on any atom is 0.314 e. The Morgan fingerprint density at radius 2 is 1.46 bits per heavy atom. The molecule has 17 heteroatoms. The Labute approximate surface area is 403 Å². The maximum atomic E-state index is 14.0. The Morgan fingerprint density at radius 1 is 0.870 bits per heavy atom. The van der Waals surface area contributed by atoms with Crippen LogP contribution < -0.4 is 14.8 Å². The molecule has 69 heavy (non-hydrogen) atoms. The number of nitrogens with zero attached hydrogens (tertiary/aromatic N) is 6. The molecular formula is C52H58N7O9P. The molecule has 3 unspecified atom stereocenters. The monoisotopic (exact) mass is 955 g/mol. The third kappa shape index (κ3) is 10.1. The van der Waals surface area contributed by atoms with Crippen molar-refractivity contribution in [2.45, 2.75) is 95.3 Å². The van der Waals surface area contributed by atoms with Crippen LogP contribution >= 0.6 is 8.30 Å². The number of methoxy groups -OCH3 is 2. The van der Waals surface area contributed by atoms with Crippen LogP contribution in [0.2, 0.25) is 0 Å². The van der Waals surface area contributed by atoms with Gasteiger partial charge in [0.05, 0.1) is 46.3 Å². The van der Waals surface area contributed by atoms with E-state index in [1.807, 2.05) is 84.9 Å². The molecule has 4 aromatic carbocycles. The SMILES string of the molecule is COc1ccc(C(OC[C@]23COC(C2OP(CC(=O)OC(C)(C)CC#N)N(C(C)C)C(C)C)[C@H](n2cnc4c(NC(=O)c5ccccc5)ncnc42)O3)(c2ccccc2)c2ccc(OC)cc2)cc1. The molecule has 360 valence electrons. The van der Waals surface area contributed by atoms with E-state index in [4.69, 9.17) is 37.9 Å². The molecule has 0 saturated carbocycles. The summed E-state index contributed by atoms with van der Waals surface area (Å²) in [5.41, 5.74) is 0.113. The molecule has 4 heterocycles. The first kappa shape index (κ1) is 49.1. The van der Waals surface area contributed by atoms with Gasteiger partial charge in [-0.25, -0.2) is 15.0 Å². The highest BCUT2D eigenvalue weighted by Gasteiger charge is 2.65. The second-order valence-electron chi connectivity index (χ2n) is 18.2. The summed E-state index contributed by atoms with van der Waals surface area (Å²) in [7, 11) is 1.50. The Hall–Kier alpha value is -6.31. The number of nitrogens with one attached hydrogen (secondary N) is 1. The van der Waals surface area contributed by atoms with Crippen molar-refractivity contribution in [3.8, 4) is 17.6 Å². The molecule has 2 aromatic heterocycles. The summed E-state index contributed by atoms with van der Waals surface area (Å²) < 4.78 is 50.1. The van der Waals surface area contributed by atoms with Crippen LogP contribution in [-0.4, -0.2) is 105 Å². The van der Waals surface area contributed by atoms with Crippen LogP contribution in [0.1, 0.15) is 81.2 Å². The molecule has 0 aliphatic carbocycles. The summed E-state index contributed by atoms with van der Waals surface area (Å²) >= 11 is 0. The molecule has 1 N–H and O–H groups in total. The number of ether oxygens (including phenoxy) is 6. The van der Waals surface area contributed by atoms with Gasteiger partial charge in [-0.3, -0.25) is 18.8 Å². The van der Waals surface area contributed by atoms with Crippen molar-refractivity contribution in [3.05, 3.63) is 144 Å². The molecular weight excluding hydrogens is 898 g/mol. The fraction of sp³-hybridized carbons (Fsp3) is 0.385. The molecule has 8 rings (SSSR count). The topological polar surface area (TPSA) is 181 Å². The van der Waals surface area contributed by atoms with Crippen LogP contribution in [0.25, 0.3) is 11.2 Å². The van der Waals surface area contributed by atoms with Crippen LogP contribution in [0.3, 0.4) is 0 Å². The second-order valence-corrected chi connectivity index (χ2v) is 19.9. The van der Waals surface area contributed by atoms with E-state index < -0.39 is 49.5 Å². The van der Waals surface area contributed by atoms with E-state index in [9.17, 15) is 14.9 Å². The summed E-state index contributed by atoms with van der Waals surface area (Å²) in [5, 5.41) is 12.4. The zero-order valence-corrected chi connectivity index (χ0v) is 41.0. The summed E-state index contributed by atoms with van der Waals surface area (Å²) in [6, 6.07) is 36.4. The number of hydrogen-bond acceptors (Lipinski definition) is 14. The van der Waals surface area contributed by atoms with Gasteiger partial charge < -0.3 is 38.3 Å². The van der Waals surface area contributed by atoms with Crippen LogP contribution in [0.15, 0.2) is 122 Å². The molecule has 0 spiro atoms. The Morgan fingerprint density at radius 3 is 2.04 bits per heavy atom. The van der Waals surface area contributed by atoms with Gasteiger partial charge in [0.2, 0.25) is 0 Å². The number of carbonyl (C=O) groups is 2. The van der Waals surface area contributed by atoms with Gasteiger partial charge in [-0.05, 0) is 94.6 Å². The predicted octanol–water partition coefficient (Wildman–Crippen LogP) is 8.82. The summed E-state index contributed by atoms with van der Waals surface area (Å²) in [6.07, 6.45) is 0.412. The van der Waals surface area contributed by atoms with Gasteiger partial charge in [0.1, 0.15) is 61.3 Å². The first-order chi connectivity index (χ1) is 33.2. The largest absolute Gasteiger partial charge is 0.497 e. The van der Waals surface area contributed by atoms with Crippen LogP contribution in [0.4, 0.5) is 5.82 Å². The average molecular weight is 956 g/mol. The normalized spacial score (nSPS) is 19.5. The van der Waals surface area contributed by atoms with Crippen LogP contribution in [-0.2, 0) is 33.9 Å². The number of nitriles is 1. The highest BCUT2D eigenvalue weighted by Crippen LogP contribution is 2.56. The summed E-state index contributed by atoms with van der Waals surface area (Å²) in [6.45, 7) is 11.7. The zero-order chi connectivity index (χ0) is 48.9. The third-order valence-corrected chi connectivity index (χ3v) is 14.7. The van der Waals surface area contributed by atoms with E-state index in [1.54, 1.807) is 63.2 Å². The Balaban J connectivity index is 1.24. The number of esters is 1. The van der Waals surface area contributed by atoms with Crippen LogP contribution in [0, 0.1) is 11.3 Å². The van der Waals surface area contributed by atoms with Gasteiger partial charge in [-0.15, -0.1) is 0 Å². The molecule has 2 aliphatic rings. The molecule has 1 amide bonds. The van der Waals surface area contributed by atoms with E-state index >= 15 is 0 Å². The minimum Gasteiger partial charge on any atom is -0.497 e. The van der Waals surface area contributed by atoms with E-state index in [-0.39, 0.29) is 49.6 Å². The number of imidazole rings is 1. The lowest BCUT2D eigenvalue weighted by Gasteiger charge is -2.42. The molecule has 0 radical (unpaired) electrons. The first-order valence-electron chi connectivity index (χ1n) is 22.9. The number of benzene rings is 4. The molecule has 2 saturated heterocycles. The van der Waals surface area contributed by atoms with Gasteiger partial charge in [-0.1, -0.05) is 72.8 Å². The van der Waals surface area contributed by atoms with Crippen LogP contribution in [0.5, 0.6) is 11.5 Å². The lowest BCUT2D eigenvalue weighted by Crippen LogP contribution is -2.49. The first-order valence-corrected chi connectivity index (χ1v) is 24.3. The van der Waals surface area contributed by atoms with Crippen molar-refractivity contribution in [3.63, 3.8) is 0 Å². The van der Waals surface area contributed by atoms with Crippen molar-refractivity contribution in [1.82, 2.24) is 24.2 Å². The minimum absolute atomic E-state index is 0.0235. The van der Waals surface area contributed by atoms with Gasteiger partial charge >= 0.3 is 5.97 Å². The smallest absolute Gasteiger partial charge is 0.314 e. The number of hydrogen-bond donors (Lipinski definition) is 1. The molecule has 2 bridgehead atoms. The van der Waals surface area contributed by atoms with Crippen molar-refractivity contribution in [1.29, 1.82) is 5.26 Å². The lowest BCUT2D eigenvalue weighted by atomic mass is 9.79. The minimum atomic E-state index is -1.76. The molecule has 2 aliphatic heterocycles. The predicted molar refractivity (Wildman–Crippen MR) is 260 cm³/mol. The van der Waals surface area contributed by atoms with Crippen molar-refractivity contribution < 1.29 is 42.5 Å². The van der Waals surface area contributed by atoms with Gasteiger partial charge in [-0.2, -0.15) is 5.26 Å². The quantitative estimate of drug-likeness (QED) is 0.0435. The van der Waals surface area contributed by atoms with E-state index in [0.29, 0.717) is 28.2 Å². The molecule has 6 aromatic rings. The fourth-order valence-corrected chi connectivity index (χ4v) is 11.4. The lowest BCUT2D eigenvalue weighted by molar-refractivity contribution is -0.201. The van der Waals surface area contributed by atoms with Gasteiger partial charge in [0.15, 0.2) is 23.2 Å². The van der Waals surface area contributed by atoms with E-state index in [1.165, 1.54) is 6.33 Å².